The van der Waals surface area contributed by atoms with Gasteiger partial charge in [-0.15, -0.1) is 0 Å². The maximum absolute atomic E-state index is 6.10. The van der Waals surface area contributed by atoms with Gasteiger partial charge in [0, 0.05) is 44.7 Å². The summed E-state index contributed by atoms with van der Waals surface area (Å²) in [6.07, 6.45) is 15.6. The van der Waals surface area contributed by atoms with Crippen molar-refractivity contribution in [1.29, 1.82) is 0 Å². The SMILES string of the molecule is COC1=CC(CN2CCN[C@H](C3=C(C(C)C)CCC=C3)C2)=CC2CCCCOC12. The van der Waals surface area contributed by atoms with E-state index in [9.17, 15) is 0 Å². The van der Waals surface area contributed by atoms with Crippen LogP contribution in [0.1, 0.15) is 46.0 Å². The van der Waals surface area contributed by atoms with Crippen molar-refractivity contribution in [2.75, 3.05) is 39.9 Å². The van der Waals surface area contributed by atoms with Gasteiger partial charge in [-0.25, -0.2) is 0 Å². The molecule has 4 heteroatoms. The highest BCUT2D eigenvalue weighted by Gasteiger charge is 2.32. The summed E-state index contributed by atoms with van der Waals surface area (Å²) >= 11 is 0. The number of allylic oxidation sites excluding steroid dienone is 2. The van der Waals surface area contributed by atoms with E-state index in [-0.39, 0.29) is 6.10 Å². The first-order valence-corrected chi connectivity index (χ1v) is 11.6. The Bertz CT molecular complexity index is 704. The van der Waals surface area contributed by atoms with E-state index in [0.717, 1.165) is 45.0 Å². The lowest BCUT2D eigenvalue weighted by molar-refractivity contribution is 0.0237. The summed E-state index contributed by atoms with van der Waals surface area (Å²) in [5, 5.41) is 3.78. The zero-order valence-electron chi connectivity index (χ0n) is 18.5. The number of rotatable bonds is 5. The molecule has 2 unspecified atom stereocenters. The fourth-order valence-electron chi connectivity index (χ4n) is 5.38. The second-order valence-corrected chi connectivity index (χ2v) is 9.26. The largest absolute Gasteiger partial charge is 0.498 e. The number of fused-ring (bicyclic) bond motifs is 1. The Morgan fingerprint density at radius 3 is 3.03 bits per heavy atom. The molecule has 0 saturated carbocycles. The highest BCUT2D eigenvalue weighted by Crippen LogP contribution is 2.33. The number of nitrogens with one attached hydrogen (secondary N) is 1. The predicted molar refractivity (Wildman–Crippen MR) is 119 cm³/mol. The third-order valence-electron chi connectivity index (χ3n) is 6.88. The first kappa shape index (κ1) is 20.9. The molecule has 160 valence electrons. The third kappa shape index (κ3) is 4.87. The number of nitrogens with zero attached hydrogens (tertiary/aromatic N) is 1. The summed E-state index contributed by atoms with van der Waals surface area (Å²) in [6, 6.07) is 0.446. The predicted octanol–water partition coefficient (Wildman–Crippen LogP) is 4.22. The lowest BCUT2D eigenvalue weighted by Crippen LogP contribution is -2.52. The van der Waals surface area contributed by atoms with E-state index < -0.39 is 0 Å². The van der Waals surface area contributed by atoms with Crippen LogP contribution in [0.3, 0.4) is 0 Å². The molecule has 0 aromatic carbocycles. The molecule has 0 spiro atoms. The summed E-state index contributed by atoms with van der Waals surface area (Å²) in [5.41, 5.74) is 4.58. The second kappa shape index (κ2) is 9.63. The Kier molecular flexibility index (Phi) is 6.94. The minimum absolute atomic E-state index is 0.119. The van der Waals surface area contributed by atoms with Crippen LogP contribution in [-0.2, 0) is 9.47 Å². The van der Waals surface area contributed by atoms with Crippen molar-refractivity contribution in [2.24, 2.45) is 11.8 Å². The summed E-state index contributed by atoms with van der Waals surface area (Å²) in [6.45, 7) is 9.76. The molecule has 2 aliphatic heterocycles. The van der Waals surface area contributed by atoms with Crippen LogP contribution in [0, 0.1) is 11.8 Å². The minimum Gasteiger partial charge on any atom is -0.498 e. The second-order valence-electron chi connectivity index (χ2n) is 9.26. The molecule has 2 fully saturated rings. The first-order valence-electron chi connectivity index (χ1n) is 11.6. The number of ether oxygens (including phenoxy) is 2. The van der Waals surface area contributed by atoms with Crippen molar-refractivity contribution >= 4 is 0 Å². The van der Waals surface area contributed by atoms with E-state index >= 15 is 0 Å². The van der Waals surface area contributed by atoms with Gasteiger partial charge < -0.3 is 14.8 Å². The van der Waals surface area contributed by atoms with Crippen LogP contribution in [0.25, 0.3) is 0 Å². The summed E-state index contributed by atoms with van der Waals surface area (Å²) in [4.78, 5) is 2.61. The van der Waals surface area contributed by atoms with Crippen molar-refractivity contribution in [1.82, 2.24) is 10.2 Å². The summed E-state index contributed by atoms with van der Waals surface area (Å²) in [5.74, 6) is 2.11. The van der Waals surface area contributed by atoms with Gasteiger partial charge in [0.1, 0.15) is 11.9 Å². The summed E-state index contributed by atoms with van der Waals surface area (Å²) in [7, 11) is 1.79. The molecule has 3 atom stereocenters. The fourth-order valence-corrected chi connectivity index (χ4v) is 5.38. The summed E-state index contributed by atoms with van der Waals surface area (Å²) < 4.78 is 11.8. The number of piperazine rings is 1. The molecule has 1 N–H and O–H groups in total. The molecule has 0 bridgehead atoms. The third-order valence-corrected chi connectivity index (χ3v) is 6.88. The molecule has 0 aromatic heterocycles. The maximum Gasteiger partial charge on any atom is 0.125 e. The first-order chi connectivity index (χ1) is 14.2. The van der Waals surface area contributed by atoms with E-state index in [1.807, 2.05) is 0 Å². The van der Waals surface area contributed by atoms with E-state index in [2.05, 4.69) is 48.4 Å². The lowest BCUT2D eigenvalue weighted by atomic mass is 9.85. The van der Waals surface area contributed by atoms with Crippen LogP contribution >= 0.6 is 0 Å². The zero-order chi connectivity index (χ0) is 20.2. The zero-order valence-corrected chi connectivity index (χ0v) is 18.5. The average molecular weight is 399 g/mol. The van der Waals surface area contributed by atoms with Crippen LogP contribution in [0.5, 0.6) is 0 Å². The normalized spacial score (nSPS) is 31.2. The molecule has 29 heavy (non-hydrogen) atoms. The maximum atomic E-state index is 6.10. The Balaban J connectivity index is 1.47. The van der Waals surface area contributed by atoms with Gasteiger partial charge >= 0.3 is 0 Å². The monoisotopic (exact) mass is 398 g/mol. The van der Waals surface area contributed by atoms with E-state index in [4.69, 9.17) is 9.47 Å². The van der Waals surface area contributed by atoms with Gasteiger partial charge in [-0.3, -0.25) is 4.90 Å². The van der Waals surface area contributed by atoms with Crippen LogP contribution in [-0.4, -0.2) is 56.9 Å². The fraction of sp³-hybridized carbons (Fsp3) is 0.680. The Morgan fingerprint density at radius 2 is 2.21 bits per heavy atom. The van der Waals surface area contributed by atoms with E-state index in [1.165, 1.54) is 31.3 Å². The highest BCUT2D eigenvalue weighted by molar-refractivity contribution is 5.36. The molecule has 0 radical (unpaired) electrons. The van der Waals surface area contributed by atoms with Crippen molar-refractivity contribution in [3.05, 3.63) is 46.8 Å². The van der Waals surface area contributed by atoms with Crippen molar-refractivity contribution in [2.45, 2.75) is 58.1 Å². The van der Waals surface area contributed by atoms with Crippen molar-refractivity contribution < 1.29 is 9.47 Å². The van der Waals surface area contributed by atoms with Gasteiger partial charge in [0.15, 0.2) is 0 Å². The molecule has 2 heterocycles. The van der Waals surface area contributed by atoms with Gasteiger partial charge in [-0.1, -0.05) is 44.1 Å². The number of hydrogen-bond donors (Lipinski definition) is 1. The molecule has 0 amide bonds. The smallest absolute Gasteiger partial charge is 0.125 e. The van der Waals surface area contributed by atoms with Gasteiger partial charge in [0.05, 0.1) is 7.11 Å². The van der Waals surface area contributed by atoms with Crippen LogP contribution in [0.15, 0.2) is 46.8 Å². The van der Waals surface area contributed by atoms with E-state index in [0.29, 0.717) is 17.9 Å². The van der Waals surface area contributed by atoms with Gasteiger partial charge in [0.25, 0.3) is 0 Å². The molecule has 4 rings (SSSR count). The molecular weight excluding hydrogens is 360 g/mol. The number of methoxy groups -OCH3 is 1. The van der Waals surface area contributed by atoms with Crippen LogP contribution < -0.4 is 5.32 Å². The van der Waals surface area contributed by atoms with Gasteiger partial charge in [-0.05, 0) is 48.8 Å². The minimum atomic E-state index is 0.119. The quantitative estimate of drug-likeness (QED) is 0.752. The van der Waals surface area contributed by atoms with Gasteiger partial charge in [-0.2, -0.15) is 0 Å². The van der Waals surface area contributed by atoms with Crippen molar-refractivity contribution in [3.8, 4) is 0 Å². The molecule has 0 aromatic rings. The van der Waals surface area contributed by atoms with Gasteiger partial charge in [0.2, 0.25) is 0 Å². The number of hydrogen-bond acceptors (Lipinski definition) is 4. The van der Waals surface area contributed by atoms with E-state index in [1.54, 1.807) is 18.3 Å². The highest BCUT2D eigenvalue weighted by atomic mass is 16.5. The molecule has 4 nitrogen and oxygen atoms in total. The van der Waals surface area contributed by atoms with Crippen LogP contribution in [0.2, 0.25) is 0 Å². The Morgan fingerprint density at radius 1 is 1.31 bits per heavy atom. The topological polar surface area (TPSA) is 33.7 Å². The van der Waals surface area contributed by atoms with Crippen LogP contribution in [0.4, 0.5) is 0 Å². The Labute approximate surface area is 176 Å². The molecule has 2 saturated heterocycles. The molecular formula is C25H38N2O2. The van der Waals surface area contributed by atoms with Crippen molar-refractivity contribution in [3.63, 3.8) is 0 Å². The standard InChI is InChI=1S/C25H38N2O2/c1-18(2)21-9-4-5-10-22(21)23-17-27(12-11-26-23)16-19-14-20-8-6-7-13-29-25(20)24(15-19)28-3/h5,10,14-15,18,20,23,25-26H,4,6-9,11-13,16-17H2,1-3H3/t20?,23-,25?/m0/s1. The Hall–Kier alpha value is -1.36. The average Bonchev–Trinajstić information content (AvgIpc) is 2.99. The lowest BCUT2D eigenvalue weighted by Gasteiger charge is -2.37. The molecule has 4 aliphatic rings. The molecule has 2 aliphatic carbocycles.